The highest BCUT2D eigenvalue weighted by Gasteiger charge is 2.17. The van der Waals surface area contributed by atoms with Gasteiger partial charge in [-0.15, -0.1) is 0 Å². The molecule has 1 N–H and O–H groups in total. The van der Waals surface area contributed by atoms with Crippen LogP contribution in [0.1, 0.15) is 24.1 Å². The van der Waals surface area contributed by atoms with Crippen molar-refractivity contribution in [1.82, 2.24) is 5.32 Å². The minimum Gasteiger partial charge on any atom is -0.378 e. The zero-order valence-electron chi connectivity index (χ0n) is 15.1. The molecule has 2 aromatic rings. The molecule has 0 bridgehead atoms. The molecule has 0 aromatic heterocycles. The fraction of sp³-hybridized carbons (Fsp3) is 0.286. The Hall–Kier alpha value is -2.73. The monoisotopic (exact) mass is 372 g/mol. The standard InChI is InChI=1S/C21H22F2N2O2/c1-15(24-21(26)9-4-16-2-6-18(22)7-3-16)17-5-8-19(23)20(14-17)25-10-12-27-13-11-25/h2-9,14-15H,10-13H2,1H3,(H,24,26)/b9-4+. The van der Waals surface area contributed by atoms with Crippen LogP contribution in [0.15, 0.2) is 48.5 Å². The number of carbonyl (C=O) groups is 1. The van der Waals surface area contributed by atoms with Gasteiger partial charge in [-0.3, -0.25) is 4.79 Å². The molecule has 1 amide bonds. The van der Waals surface area contributed by atoms with E-state index in [0.717, 1.165) is 11.1 Å². The van der Waals surface area contributed by atoms with Crippen molar-refractivity contribution >= 4 is 17.7 Å². The van der Waals surface area contributed by atoms with E-state index in [1.807, 2.05) is 11.8 Å². The molecule has 0 aliphatic carbocycles. The molecule has 0 radical (unpaired) electrons. The van der Waals surface area contributed by atoms with Gasteiger partial charge in [0.1, 0.15) is 11.6 Å². The number of nitrogens with zero attached hydrogens (tertiary/aromatic N) is 1. The lowest BCUT2D eigenvalue weighted by Crippen LogP contribution is -2.37. The Labute approximate surface area is 157 Å². The number of nitrogens with one attached hydrogen (secondary N) is 1. The van der Waals surface area contributed by atoms with Crippen LogP contribution in [0.4, 0.5) is 14.5 Å². The highest BCUT2D eigenvalue weighted by atomic mass is 19.1. The van der Waals surface area contributed by atoms with Gasteiger partial charge in [0.2, 0.25) is 5.91 Å². The third kappa shape index (κ3) is 5.14. The van der Waals surface area contributed by atoms with E-state index in [4.69, 9.17) is 4.74 Å². The quantitative estimate of drug-likeness (QED) is 0.814. The number of hydrogen-bond acceptors (Lipinski definition) is 3. The second-order valence-electron chi connectivity index (χ2n) is 6.43. The molecule has 1 aliphatic heterocycles. The Morgan fingerprint density at radius 3 is 2.56 bits per heavy atom. The molecule has 1 heterocycles. The molecular formula is C21H22F2N2O2. The number of morpholine rings is 1. The van der Waals surface area contributed by atoms with Crippen LogP contribution >= 0.6 is 0 Å². The van der Waals surface area contributed by atoms with E-state index in [-0.39, 0.29) is 23.6 Å². The first-order chi connectivity index (χ1) is 13.0. The molecule has 1 aliphatic rings. The smallest absolute Gasteiger partial charge is 0.244 e. The lowest BCUT2D eigenvalue weighted by molar-refractivity contribution is -0.117. The average molecular weight is 372 g/mol. The third-order valence-corrected chi connectivity index (χ3v) is 4.48. The number of anilines is 1. The van der Waals surface area contributed by atoms with Crippen molar-refractivity contribution in [2.24, 2.45) is 0 Å². The van der Waals surface area contributed by atoms with Crippen LogP contribution in [0.3, 0.4) is 0 Å². The average Bonchev–Trinajstić information content (AvgIpc) is 2.68. The summed E-state index contributed by atoms with van der Waals surface area (Å²) >= 11 is 0. The predicted molar refractivity (Wildman–Crippen MR) is 101 cm³/mol. The van der Waals surface area contributed by atoms with Gasteiger partial charge in [-0.05, 0) is 48.4 Å². The van der Waals surface area contributed by atoms with E-state index in [1.54, 1.807) is 30.3 Å². The lowest BCUT2D eigenvalue weighted by Gasteiger charge is -2.29. The SMILES string of the molecule is CC(NC(=O)/C=C/c1ccc(F)cc1)c1ccc(F)c(N2CCOCC2)c1. The minimum atomic E-state index is -0.322. The van der Waals surface area contributed by atoms with E-state index >= 15 is 0 Å². The van der Waals surface area contributed by atoms with Gasteiger partial charge in [-0.25, -0.2) is 8.78 Å². The Morgan fingerprint density at radius 2 is 1.85 bits per heavy atom. The number of hydrogen-bond donors (Lipinski definition) is 1. The van der Waals surface area contributed by atoms with Gasteiger partial charge in [0.05, 0.1) is 24.9 Å². The molecule has 0 saturated carbocycles. The number of amides is 1. The largest absolute Gasteiger partial charge is 0.378 e. The van der Waals surface area contributed by atoms with Crippen LogP contribution in [0, 0.1) is 11.6 Å². The first-order valence-electron chi connectivity index (χ1n) is 8.89. The lowest BCUT2D eigenvalue weighted by atomic mass is 10.1. The fourth-order valence-electron chi connectivity index (χ4n) is 2.94. The van der Waals surface area contributed by atoms with Gasteiger partial charge in [0.15, 0.2) is 0 Å². The van der Waals surface area contributed by atoms with E-state index in [0.29, 0.717) is 32.0 Å². The van der Waals surface area contributed by atoms with Crippen LogP contribution in [0.25, 0.3) is 6.08 Å². The summed E-state index contributed by atoms with van der Waals surface area (Å²) < 4.78 is 32.4. The maximum absolute atomic E-state index is 14.2. The Balaban J connectivity index is 1.65. The van der Waals surface area contributed by atoms with Crippen molar-refractivity contribution in [3.63, 3.8) is 0 Å². The highest BCUT2D eigenvalue weighted by molar-refractivity contribution is 5.92. The molecule has 27 heavy (non-hydrogen) atoms. The summed E-state index contributed by atoms with van der Waals surface area (Å²) in [6, 6.07) is 10.5. The summed E-state index contributed by atoms with van der Waals surface area (Å²) in [5.41, 5.74) is 2.08. The second-order valence-corrected chi connectivity index (χ2v) is 6.43. The number of carbonyl (C=O) groups excluding carboxylic acids is 1. The molecule has 2 aromatic carbocycles. The first-order valence-corrected chi connectivity index (χ1v) is 8.89. The van der Waals surface area contributed by atoms with Crippen molar-refractivity contribution in [3.05, 3.63) is 71.3 Å². The van der Waals surface area contributed by atoms with Crippen molar-refractivity contribution in [3.8, 4) is 0 Å². The van der Waals surface area contributed by atoms with Gasteiger partial charge >= 0.3 is 0 Å². The third-order valence-electron chi connectivity index (χ3n) is 4.48. The number of ether oxygens (including phenoxy) is 1. The van der Waals surface area contributed by atoms with Gasteiger partial charge in [0.25, 0.3) is 0 Å². The molecule has 142 valence electrons. The van der Waals surface area contributed by atoms with Crippen molar-refractivity contribution in [2.45, 2.75) is 13.0 Å². The Kier molecular flexibility index (Phi) is 6.19. The number of benzene rings is 2. The van der Waals surface area contributed by atoms with Gasteiger partial charge in [-0.2, -0.15) is 0 Å². The van der Waals surface area contributed by atoms with Crippen LogP contribution < -0.4 is 10.2 Å². The Morgan fingerprint density at radius 1 is 1.15 bits per heavy atom. The molecule has 1 saturated heterocycles. The summed E-state index contributed by atoms with van der Waals surface area (Å²) in [5.74, 6) is -0.878. The topological polar surface area (TPSA) is 41.6 Å². The molecule has 1 atom stereocenters. The highest BCUT2D eigenvalue weighted by Crippen LogP contribution is 2.25. The van der Waals surface area contributed by atoms with Gasteiger partial charge < -0.3 is 15.0 Å². The maximum atomic E-state index is 14.2. The Bertz CT molecular complexity index is 815. The summed E-state index contributed by atoms with van der Waals surface area (Å²) in [5, 5.41) is 2.86. The normalized spacial score (nSPS) is 15.7. The minimum absolute atomic E-state index is 0.274. The molecule has 4 nitrogen and oxygen atoms in total. The second kappa shape index (κ2) is 8.77. The summed E-state index contributed by atoms with van der Waals surface area (Å²) in [6.07, 6.45) is 3.02. The van der Waals surface area contributed by atoms with Crippen LogP contribution in [0.2, 0.25) is 0 Å². The van der Waals surface area contributed by atoms with E-state index in [1.165, 1.54) is 24.3 Å². The first kappa shape index (κ1) is 19.0. The molecule has 1 unspecified atom stereocenters. The fourth-order valence-corrected chi connectivity index (χ4v) is 2.94. The van der Waals surface area contributed by atoms with E-state index < -0.39 is 0 Å². The van der Waals surface area contributed by atoms with Crippen molar-refractivity contribution < 1.29 is 18.3 Å². The zero-order chi connectivity index (χ0) is 19.2. The van der Waals surface area contributed by atoms with E-state index in [2.05, 4.69) is 5.32 Å². The van der Waals surface area contributed by atoms with Gasteiger partial charge in [0, 0.05) is 19.2 Å². The molecule has 3 rings (SSSR count). The summed E-state index contributed by atoms with van der Waals surface area (Å²) in [6.45, 7) is 4.28. The number of halogens is 2. The van der Waals surface area contributed by atoms with Crippen LogP contribution in [-0.2, 0) is 9.53 Å². The number of rotatable bonds is 5. The zero-order valence-corrected chi connectivity index (χ0v) is 15.1. The molecule has 6 heteroatoms. The summed E-state index contributed by atoms with van der Waals surface area (Å²) in [7, 11) is 0. The summed E-state index contributed by atoms with van der Waals surface area (Å²) in [4.78, 5) is 14.1. The van der Waals surface area contributed by atoms with Gasteiger partial charge in [-0.1, -0.05) is 18.2 Å². The van der Waals surface area contributed by atoms with E-state index in [9.17, 15) is 13.6 Å². The predicted octanol–water partition coefficient (Wildman–Crippen LogP) is 3.69. The van der Waals surface area contributed by atoms with Crippen molar-refractivity contribution in [2.75, 3.05) is 31.2 Å². The molecule has 1 fully saturated rings. The maximum Gasteiger partial charge on any atom is 0.244 e. The van der Waals surface area contributed by atoms with Crippen LogP contribution in [-0.4, -0.2) is 32.2 Å². The van der Waals surface area contributed by atoms with Crippen molar-refractivity contribution in [1.29, 1.82) is 0 Å². The molecule has 0 spiro atoms. The van der Waals surface area contributed by atoms with Crippen LogP contribution in [0.5, 0.6) is 0 Å². The molecular weight excluding hydrogens is 350 g/mol.